The first-order chi connectivity index (χ1) is 17.3. The number of aryl methyl sites for hydroxylation is 1. The van der Waals surface area contributed by atoms with Gasteiger partial charge in [0, 0.05) is 12.0 Å². The topological polar surface area (TPSA) is 51.2 Å². The summed E-state index contributed by atoms with van der Waals surface area (Å²) in [7, 11) is -4.45. The summed E-state index contributed by atoms with van der Waals surface area (Å²) in [5.74, 6) is -6.18. The molecule has 0 spiro atoms. The van der Waals surface area contributed by atoms with Crippen molar-refractivity contribution in [1.82, 2.24) is 0 Å². The highest BCUT2D eigenvalue weighted by atomic mass is 35.5. The number of carbonyl (C=O) groups is 1. The maximum Gasteiger partial charge on any atom is 0.402 e. The fourth-order valence-electron chi connectivity index (χ4n) is 3.88. The van der Waals surface area contributed by atoms with E-state index in [0.717, 1.165) is 18.2 Å². The number of benzene rings is 2. The lowest BCUT2D eigenvalue weighted by Gasteiger charge is -2.18. The second-order valence-corrected chi connectivity index (χ2v) is 12.2. The molecule has 0 saturated heterocycles. The number of alkyl halides is 6. The third-order valence-electron chi connectivity index (χ3n) is 5.47. The second kappa shape index (κ2) is 12.6. The predicted octanol–water partition coefficient (Wildman–Crippen LogP) is 8.75. The monoisotopic (exact) mass is 622 g/mol. The number of ketones is 1. The summed E-state index contributed by atoms with van der Waals surface area (Å²) >= 11 is 17.6. The van der Waals surface area contributed by atoms with E-state index >= 15 is 0 Å². The van der Waals surface area contributed by atoms with E-state index in [1.165, 1.54) is 31.2 Å². The molecule has 2 rings (SSSR count). The summed E-state index contributed by atoms with van der Waals surface area (Å²) in [5, 5.41) is -0.330. The molecule has 0 aromatic heterocycles. The van der Waals surface area contributed by atoms with Crippen LogP contribution in [0, 0.1) is 5.92 Å². The standard InChI is InChI=1S/C25H23Cl3F6O3S/c1-3-16-9-15(5-7-19(25(32,33)34)17-10-20(26)23(28)21(27)11-17)4-6-18(16)22(35)8-14(2)12-38(36,37)13-24(29,30)31/h4-7,9-11,14,19H,3,8,12-13H2,1-2H3/b7-5+/t14-,19?/m0/s1. The van der Waals surface area contributed by atoms with Crippen LogP contribution in [0.15, 0.2) is 36.4 Å². The van der Waals surface area contributed by atoms with Crippen molar-refractivity contribution in [3.63, 3.8) is 0 Å². The molecule has 0 aliphatic carbocycles. The van der Waals surface area contributed by atoms with Crippen molar-refractivity contribution >= 4 is 56.5 Å². The molecule has 38 heavy (non-hydrogen) atoms. The van der Waals surface area contributed by atoms with Gasteiger partial charge >= 0.3 is 12.4 Å². The van der Waals surface area contributed by atoms with Gasteiger partial charge in [-0.15, -0.1) is 0 Å². The van der Waals surface area contributed by atoms with Crippen molar-refractivity contribution < 1.29 is 39.6 Å². The molecule has 0 fully saturated rings. The van der Waals surface area contributed by atoms with Gasteiger partial charge in [-0.25, -0.2) is 8.42 Å². The molecule has 0 heterocycles. The highest BCUT2D eigenvalue weighted by molar-refractivity contribution is 7.91. The van der Waals surface area contributed by atoms with Crippen molar-refractivity contribution in [2.45, 2.75) is 45.0 Å². The van der Waals surface area contributed by atoms with E-state index in [0.29, 0.717) is 17.5 Å². The van der Waals surface area contributed by atoms with Crippen LogP contribution in [0.25, 0.3) is 6.08 Å². The van der Waals surface area contributed by atoms with E-state index in [1.54, 1.807) is 6.92 Å². The van der Waals surface area contributed by atoms with Crippen molar-refractivity contribution in [2.24, 2.45) is 5.92 Å². The van der Waals surface area contributed by atoms with Crippen LogP contribution in [0.2, 0.25) is 15.1 Å². The molecule has 0 radical (unpaired) electrons. The third-order valence-corrected chi connectivity index (χ3v) is 8.51. The molecular formula is C25H23Cl3F6O3S. The largest absolute Gasteiger partial charge is 0.402 e. The Bertz CT molecular complexity index is 1280. The molecule has 0 saturated carbocycles. The highest BCUT2D eigenvalue weighted by Gasteiger charge is 2.39. The van der Waals surface area contributed by atoms with Gasteiger partial charge in [0.25, 0.3) is 0 Å². The minimum Gasteiger partial charge on any atom is -0.294 e. The first-order valence-electron chi connectivity index (χ1n) is 11.2. The van der Waals surface area contributed by atoms with Gasteiger partial charge in [-0.3, -0.25) is 4.79 Å². The van der Waals surface area contributed by atoms with Gasteiger partial charge in [-0.1, -0.05) is 79.0 Å². The summed E-state index contributed by atoms with van der Waals surface area (Å²) in [6.07, 6.45) is -7.39. The van der Waals surface area contributed by atoms with Gasteiger partial charge in [0.15, 0.2) is 15.6 Å². The van der Waals surface area contributed by atoms with Gasteiger partial charge in [-0.05, 0) is 41.2 Å². The summed E-state index contributed by atoms with van der Waals surface area (Å²) in [4.78, 5) is 12.8. The van der Waals surface area contributed by atoms with Gasteiger partial charge in [0.05, 0.1) is 26.7 Å². The Kier molecular flexibility index (Phi) is 10.8. The number of sulfone groups is 1. The summed E-state index contributed by atoms with van der Waals surface area (Å²) in [5.41, 5.74) is 0.849. The lowest BCUT2D eigenvalue weighted by Crippen LogP contribution is -2.28. The number of hydrogen-bond donors (Lipinski definition) is 0. The van der Waals surface area contributed by atoms with Crippen LogP contribution in [0.5, 0.6) is 0 Å². The molecule has 0 aliphatic heterocycles. The van der Waals surface area contributed by atoms with Crippen LogP contribution in [0.1, 0.15) is 53.2 Å². The van der Waals surface area contributed by atoms with Crippen molar-refractivity contribution in [3.05, 3.63) is 73.7 Å². The molecule has 0 amide bonds. The Hall–Kier alpha value is -1.75. The fourth-order valence-corrected chi connectivity index (χ4v) is 6.09. The third kappa shape index (κ3) is 9.47. The smallest absolute Gasteiger partial charge is 0.294 e. The number of Topliss-reactive ketones (excluding diaryl/α,β-unsaturated/α-hetero) is 1. The van der Waals surface area contributed by atoms with Crippen molar-refractivity contribution in [1.29, 1.82) is 0 Å². The summed E-state index contributed by atoms with van der Waals surface area (Å²) in [6.45, 7) is 3.08. The summed E-state index contributed by atoms with van der Waals surface area (Å²) in [6, 6.07) is 6.49. The van der Waals surface area contributed by atoms with Crippen LogP contribution >= 0.6 is 34.8 Å². The van der Waals surface area contributed by atoms with E-state index in [-0.39, 0.29) is 32.6 Å². The lowest BCUT2D eigenvalue weighted by molar-refractivity contribution is -0.139. The molecular weight excluding hydrogens is 601 g/mol. The zero-order valence-electron chi connectivity index (χ0n) is 20.1. The number of carbonyl (C=O) groups excluding carboxylic acids is 1. The maximum absolute atomic E-state index is 13.8. The van der Waals surface area contributed by atoms with Crippen LogP contribution in [0.3, 0.4) is 0 Å². The quantitative estimate of drug-likeness (QED) is 0.151. The van der Waals surface area contributed by atoms with Gasteiger partial charge < -0.3 is 0 Å². The van der Waals surface area contributed by atoms with E-state index in [2.05, 4.69) is 0 Å². The Morgan fingerprint density at radius 1 is 1.00 bits per heavy atom. The molecule has 1 unspecified atom stereocenters. The van der Waals surface area contributed by atoms with Crippen LogP contribution < -0.4 is 0 Å². The Morgan fingerprint density at radius 3 is 2.08 bits per heavy atom. The molecule has 2 aromatic carbocycles. The van der Waals surface area contributed by atoms with Crippen LogP contribution in [-0.4, -0.2) is 38.1 Å². The number of allylic oxidation sites excluding steroid dienone is 1. The number of rotatable bonds is 10. The summed E-state index contributed by atoms with van der Waals surface area (Å²) < 4.78 is 102. The van der Waals surface area contributed by atoms with Gasteiger partial charge in [-0.2, -0.15) is 26.3 Å². The fraction of sp³-hybridized carbons (Fsp3) is 0.400. The van der Waals surface area contributed by atoms with E-state index in [9.17, 15) is 39.6 Å². The Morgan fingerprint density at radius 2 is 1.58 bits per heavy atom. The van der Waals surface area contributed by atoms with Gasteiger partial charge in [0.1, 0.15) is 5.75 Å². The Labute approximate surface area is 231 Å². The molecule has 0 aliphatic rings. The minimum atomic E-state index is -4.88. The van der Waals surface area contributed by atoms with Crippen molar-refractivity contribution in [2.75, 3.05) is 11.5 Å². The SMILES string of the molecule is CCc1cc(/C=C/C(c2cc(Cl)c(Cl)c(Cl)c2)C(F)(F)F)ccc1C(=O)C[C@H](C)CS(=O)(=O)CC(F)(F)F. The number of hydrogen-bond acceptors (Lipinski definition) is 3. The normalized spacial score (nSPS) is 14.6. The minimum absolute atomic E-state index is 0.0675. The first-order valence-corrected chi connectivity index (χ1v) is 14.1. The Balaban J connectivity index is 2.26. The molecule has 2 atom stereocenters. The molecule has 0 N–H and O–H groups in total. The van der Waals surface area contributed by atoms with E-state index < -0.39 is 51.3 Å². The zero-order chi connectivity index (χ0) is 29.1. The average Bonchev–Trinajstić information content (AvgIpc) is 2.74. The average molecular weight is 624 g/mol. The zero-order valence-corrected chi connectivity index (χ0v) is 23.1. The highest BCUT2D eigenvalue weighted by Crippen LogP contribution is 2.41. The van der Waals surface area contributed by atoms with E-state index in [1.807, 2.05) is 0 Å². The van der Waals surface area contributed by atoms with Gasteiger partial charge in [0.2, 0.25) is 0 Å². The second-order valence-electron chi connectivity index (χ2n) is 8.85. The molecule has 210 valence electrons. The number of halogens is 9. The molecule has 0 bridgehead atoms. The first kappa shape index (κ1) is 32.5. The molecule has 13 heteroatoms. The van der Waals surface area contributed by atoms with Crippen molar-refractivity contribution in [3.8, 4) is 0 Å². The molecule has 3 nitrogen and oxygen atoms in total. The maximum atomic E-state index is 13.8. The predicted molar refractivity (Wildman–Crippen MR) is 138 cm³/mol. The lowest BCUT2D eigenvalue weighted by atomic mass is 9.93. The molecule has 2 aromatic rings. The van der Waals surface area contributed by atoms with Crippen LogP contribution in [0.4, 0.5) is 26.3 Å². The van der Waals surface area contributed by atoms with E-state index in [4.69, 9.17) is 34.8 Å². The van der Waals surface area contributed by atoms with Crippen LogP contribution in [-0.2, 0) is 16.3 Å².